The minimum absolute atomic E-state index is 0.127. The van der Waals surface area contributed by atoms with E-state index in [-0.39, 0.29) is 11.7 Å². The molecule has 3 aromatic rings. The Bertz CT molecular complexity index is 1110. The Labute approximate surface area is 168 Å². The molecule has 0 radical (unpaired) electrons. The first kappa shape index (κ1) is 21.1. The fraction of sp³-hybridized carbons (Fsp3) is 0.263. The molecule has 1 atom stereocenters. The van der Waals surface area contributed by atoms with E-state index in [0.717, 1.165) is 12.3 Å². The number of nitrogens with one attached hydrogen (secondary N) is 1. The molecule has 1 aromatic carbocycles. The van der Waals surface area contributed by atoms with Gasteiger partial charge in [-0.1, -0.05) is 23.4 Å². The Morgan fingerprint density at radius 2 is 2.00 bits per heavy atom. The number of alkyl halides is 3. The van der Waals surface area contributed by atoms with E-state index in [2.05, 4.69) is 15.5 Å². The maximum atomic E-state index is 12.9. The van der Waals surface area contributed by atoms with Crippen molar-refractivity contribution < 1.29 is 27.2 Å². The average Bonchev–Trinajstić information content (AvgIpc) is 3.13. The van der Waals surface area contributed by atoms with E-state index in [1.54, 1.807) is 31.2 Å². The highest BCUT2D eigenvalue weighted by Gasteiger charge is 2.34. The van der Waals surface area contributed by atoms with Crippen molar-refractivity contribution in [1.82, 2.24) is 20.0 Å². The van der Waals surface area contributed by atoms with Crippen LogP contribution in [0.3, 0.4) is 0 Å². The van der Waals surface area contributed by atoms with Crippen molar-refractivity contribution in [3.63, 3.8) is 0 Å². The van der Waals surface area contributed by atoms with E-state index >= 15 is 0 Å². The number of halogens is 3. The Balaban J connectivity index is 1.91. The quantitative estimate of drug-likeness (QED) is 0.655. The number of aromatic nitrogens is 3. The van der Waals surface area contributed by atoms with Gasteiger partial charge in [-0.3, -0.25) is 9.59 Å². The second-order valence-corrected chi connectivity index (χ2v) is 6.27. The summed E-state index contributed by atoms with van der Waals surface area (Å²) in [5, 5.41) is 6.44. The zero-order valence-electron chi connectivity index (χ0n) is 15.9. The van der Waals surface area contributed by atoms with Crippen molar-refractivity contribution in [2.75, 3.05) is 7.11 Å². The minimum Gasteiger partial charge on any atom is -0.496 e. The molecule has 0 aliphatic rings. The summed E-state index contributed by atoms with van der Waals surface area (Å²) in [4.78, 5) is 28.8. The van der Waals surface area contributed by atoms with Gasteiger partial charge in [0.05, 0.1) is 7.11 Å². The number of carbonyl (C=O) groups is 1. The highest BCUT2D eigenvalue weighted by Crippen LogP contribution is 2.29. The Morgan fingerprint density at radius 1 is 1.27 bits per heavy atom. The third-order valence-corrected chi connectivity index (χ3v) is 4.20. The molecule has 1 unspecified atom stereocenters. The number of hydrogen-bond acceptors (Lipinski definition) is 6. The van der Waals surface area contributed by atoms with Crippen molar-refractivity contribution in [3.05, 3.63) is 75.8 Å². The lowest BCUT2D eigenvalue weighted by Crippen LogP contribution is -2.37. The number of hydrogen-bond donors (Lipinski definition) is 1. The van der Waals surface area contributed by atoms with Crippen LogP contribution in [0.4, 0.5) is 13.2 Å². The maximum Gasteiger partial charge on any atom is 0.421 e. The predicted molar refractivity (Wildman–Crippen MR) is 97.7 cm³/mol. The number of carbonyl (C=O) groups excluding carboxylic acids is 1. The molecule has 2 heterocycles. The number of pyridine rings is 1. The summed E-state index contributed by atoms with van der Waals surface area (Å²) < 4.78 is 49.8. The average molecular weight is 422 g/mol. The minimum atomic E-state index is -4.82. The number of rotatable bonds is 6. The van der Waals surface area contributed by atoms with E-state index in [9.17, 15) is 22.8 Å². The van der Waals surface area contributed by atoms with Gasteiger partial charge in [-0.25, -0.2) is 0 Å². The standard InChI is InChI=1S/C19H17F3N4O4/c1-11-23-17(25-30-11)16(12-6-3-4-8-14(12)29-2)24-15(27)10-26-9-5-7-13(18(26)28)19(20,21)22/h3-9,16H,10H2,1-2H3,(H,24,27). The molecule has 30 heavy (non-hydrogen) atoms. The molecular weight excluding hydrogens is 405 g/mol. The maximum absolute atomic E-state index is 12.9. The van der Waals surface area contributed by atoms with Crippen LogP contribution >= 0.6 is 0 Å². The smallest absolute Gasteiger partial charge is 0.421 e. The lowest BCUT2D eigenvalue weighted by Gasteiger charge is -2.19. The molecule has 2 aromatic heterocycles. The van der Waals surface area contributed by atoms with Crippen LogP contribution in [-0.2, 0) is 17.5 Å². The number of ether oxygens (including phenoxy) is 1. The molecule has 0 saturated carbocycles. The van der Waals surface area contributed by atoms with Gasteiger partial charge < -0.3 is 19.1 Å². The molecule has 0 aliphatic carbocycles. The van der Waals surface area contributed by atoms with Crippen molar-refractivity contribution in [1.29, 1.82) is 0 Å². The van der Waals surface area contributed by atoms with Gasteiger partial charge in [0.1, 0.15) is 23.9 Å². The largest absolute Gasteiger partial charge is 0.496 e. The van der Waals surface area contributed by atoms with E-state index in [0.29, 0.717) is 21.9 Å². The van der Waals surface area contributed by atoms with Gasteiger partial charge >= 0.3 is 6.18 Å². The van der Waals surface area contributed by atoms with Crippen molar-refractivity contribution in [3.8, 4) is 5.75 Å². The zero-order valence-corrected chi connectivity index (χ0v) is 15.9. The summed E-state index contributed by atoms with van der Waals surface area (Å²) in [6.45, 7) is 0.936. The predicted octanol–water partition coefficient (Wildman–Crippen LogP) is 2.47. The molecule has 0 saturated heterocycles. The first-order chi connectivity index (χ1) is 14.2. The van der Waals surface area contributed by atoms with E-state index in [1.807, 2.05) is 0 Å². The summed E-state index contributed by atoms with van der Waals surface area (Å²) in [6.07, 6.45) is -3.72. The van der Waals surface area contributed by atoms with Gasteiger partial charge in [0.2, 0.25) is 11.8 Å². The monoisotopic (exact) mass is 422 g/mol. The Hall–Kier alpha value is -3.63. The number of amides is 1. The molecule has 0 fully saturated rings. The molecule has 158 valence electrons. The van der Waals surface area contributed by atoms with Crippen LogP contribution < -0.4 is 15.6 Å². The first-order valence-electron chi connectivity index (χ1n) is 8.70. The number of nitrogens with zero attached hydrogens (tertiary/aromatic N) is 3. The van der Waals surface area contributed by atoms with E-state index in [4.69, 9.17) is 9.26 Å². The molecular formula is C19H17F3N4O4. The van der Waals surface area contributed by atoms with Crippen molar-refractivity contribution in [2.24, 2.45) is 0 Å². The van der Waals surface area contributed by atoms with Gasteiger partial charge in [0, 0.05) is 18.7 Å². The van der Waals surface area contributed by atoms with Gasteiger partial charge in [-0.2, -0.15) is 18.2 Å². The van der Waals surface area contributed by atoms with E-state index < -0.39 is 35.8 Å². The second-order valence-electron chi connectivity index (χ2n) is 6.27. The van der Waals surface area contributed by atoms with Crippen molar-refractivity contribution >= 4 is 5.91 Å². The molecule has 3 rings (SSSR count). The molecule has 0 spiro atoms. The summed E-state index contributed by atoms with van der Waals surface area (Å²) in [7, 11) is 1.45. The highest BCUT2D eigenvalue weighted by atomic mass is 19.4. The normalized spacial score (nSPS) is 12.4. The molecule has 11 heteroatoms. The number of benzene rings is 1. The fourth-order valence-electron chi connectivity index (χ4n) is 2.86. The molecule has 0 bridgehead atoms. The van der Waals surface area contributed by atoms with Gasteiger partial charge in [-0.15, -0.1) is 0 Å². The number of aryl methyl sites for hydroxylation is 1. The van der Waals surface area contributed by atoms with Crippen LogP contribution in [0.25, 0.3) is 0 Å². The SMILES string of the molecule is COc1ccccc1C(NC(=O)Cn1cccc(C(F)(F)F)c1=O)c1noc(C)n1. The lowest BCUT2D eigenvalue weighted by atomic mass is 10.0. The third kappa shape index (κ3) is 4.50. The topological polar surface area (TPSA) is 99.2 Å². The van der Waals surface area contributed by atoms with Crippen LogP contribution in [0.2, 0.25) is 0 Å². The Morgan fingerprint density at radius 3 is 2.63 bits per heavy atom. The Kier molecular flexibility index (Phi) is 5.90. The summed E-state index contributed by atoms with van der Waals surface area (Å²) >= 11 is 0. The van der Waals surface area contributed by atoms with E-state index in [1.165, 1.54) is 7.11 Å². The first-order valence-corrected chi connectivity index (χ1v) is 8.70. The molecule has 8 nitrogen and oxygen atoms in total. The molecule has 0 aliphatic heterocycles. The second kappa shape index (κ2) is 8.39. The molecule has 1 N–H and O–H groups in total. The lowest BCUT2D eigenvalue weighted by molar-refractivity contribution is -0.139. The van der Waals surface area contributed by atoms with Crippen LogP contribution in [-0.4, -0.2) is 27.7 Å². The van der Waals surface area contributed by atoms with Crippen LogP contribution in [0.15, 0.2) is 51.9 Å². The van der Waals surface area contributed by atoms with Crippen LogP contribution in [0.1, 0.15) is 28.9 Å². The van der Waals surface area contributed by atoms with Gasteiger partial charge in [-0.05, 0) is 18.2 Å². The van der Waals surface area contributed by atoms with Gasteiger partial charge in [0.15, 0.2) is 5.82 Å². The van der Waals surface area contributed by atoms with Gasteiger partial charge in [0.25, 0.3) is 5.56 Å². The summed E-state index contributed by atoms with van der Waals surface area (Å²) in [5.74, 6) is 0.0891. The third-order valence-electron chi connectivity index (χ3n) is 4.20. The fourth-order valence-corrected chi connectivity index (χ4v) is 2.86. The van der Waals surface area contributed by atoms with Crippen LogP contribution in [0.5, 0.6) is 5.75 Å². The zero-order chi connectivity index (χ0) is 21.9. The summed E-state index contributed by atoms with van der Waals surface area (Å²) in [5.41, 5.74) is -2.16. The van der Waals surface area contributed by atoms with Crippen molar-refractivity contribution in [2.45, 2.75) is 25.7 Å². The number of methoxy groups -OCH3 is 1. The molecule has 1 amide bonds. The van der Waals surface area contributed by atoms with Crippen LogP contribution in [0, 0.1) is 6.92 Å². The summed E-state index contributed by atoms with van der Waals surface area (Å²) in [6, 6.07) is 7.58. The number of para-hydroxylation sites is 1. The highest BCUT2D eigenvalue weighted by molar-refractivity contribution is 5.76.